The monoisotopic (exact) mass is 293 g/mol. The maximum atomic E-state index is 11.7. The fourth-order valence-electron chi connectivity index (χ4n) is 1.47. The molecular formula is C14H19N3O4. The fraction of sp³-hybridized carbons (Fsp3) is 0.357. The lowest BCUT2D eigenvalue weighted by Crippen LogP contribution is -2.46. The number of primary amides is 1. The van der Waals surface area contributed by atoms with E-state index in [1.807, 2.05) is 0 Å². The SMILES string of the molecule is CC(C)NC(=O)NC(=O)[C@H](C)Oc1ccc(C(N)=O)cc1. The summed E-state index contributed by atoms with van der Waals surface area (Å²) >= 11 is 0. The molecule has 0 fully saturated rings. The molecule has 21 heavy (non-hydrogen) atoms. The predicted octanol–water partition coefficient (Wildman–Crippen LogP) is 0.787. The van der Waals surface area contributed by atoms with Crippen LogP contribution in [0, 0.1) is 0 Å². The van der Waals surface area contributed by atoms with Gasteiger partial charge in [0.1, 0.15) is 5.75 Å². The van der Waals surface area contributed by atoms with Crippen LogP contribution in [0.1, 0.15) is 31.1 Å². The molecule has 4 N–H and O–H groups in total. The summed E-state index contributed by atoms with van der Waals surface area (Å²) in [5.41, 5.74) is 5.46. The zero-order valence-corrected chi connectivity index (χ0v) is 12.2. The number of carbonyl (C=O) groups excluding carboxylic acids is 3. The summed E-state index contributed by atoms with van der Waals surface area (Å²) in [5.74, 6) is -0.711. The van der Waals surface area contributed by atoms with Crippen LogP contribution in [0.5, 0.6) is 5.75 Å². The van der Waals surface area contributed by atoms with Gasteiger partial charge in [0, 0.05) is 11.6 Å². The van der Waals surface area contributed by atoms with Crippen LogP contribution in [-0.4, -0.2) is 30.0 Å². The second-order valence-electron chi connectivity index (χ2n) is 4.77. The quantitative estimate of drug-likeness (QED) is 0.745. The number of hydrogen-bond acceptors (Lipinski definition) is 4. The summed E-state index contributed by atoms with van der Waals surface area (Å²) in [6.45, 7) is 5.08. The zero-order valence-electron chi connectivity index (χ0n) is 12.2. The molecule has 0 unspecified atom stereocenters. The van der Waals surface area contributed by atoms with Crippen LogP contribution >= 0.6 is 0 Å². The van der Waals surface area contributed by atoms with E-state index < -0.39 is 23.9 Å². The molecule has 0 aliphatic rings. The summed E-state index contributed by atoms with van der Waals surface area (Å²) < 4.78 is 5.37. The highest BCUT2D eigenvalue weighted by Crippen LogP contribution is 2.13. The third kappa shape index (κ3) is 5.52. The van der Waals surface area contributed by atoms with Crippen LogP contribution in [0.3, 0.4) is 0 Å². The number of carbonyl (C=O) groups is 3. The maximum absolute atomic E-state index is 11.7. The molecular weight excluding hydrogens is 274 g/mol. The smallest absolute Gasteiger partial charge is 0.321 e. The van der Waals surface area contributed by atoms with Gasteiger partial charge in [-0.05, 0) is 45.0 Å². The Kier molecular flexibility index (Phi) is 5.71. The minimum atomic E-state index is -0.859. The van der Waals surface area contributed by atoms with E-state index in [1.165, 1.54) is 31.2 Å². The van der Waals surface area contributed by atoms with Gasteiger partial charge in [-0.25, -0.2) is 4.79 Å². The number of imide groups is 1. The van der Waals surface area contributed by atoms with Gasteiger partial charge in [0.2, 0.25) is 5.91 Å². The summed E-state index contributed by atoms with van der Waals surface area (Å²) in [6.07, 6.45) is -0.859. The highest BCUT2D eigenvalue weighted by molar-refractivity contribution is 5.96. The number of amides is 4. The highest BCUT2D eigenvalue weighted by Gasteiger charge is 2.17. The first-order valence-electron chi connectivity index (χ1n) is 6.47. The summed E-state index contributed by atoms with van der Waals surface area (Å²) in [6, 6.07) is 5.39. The first kappa shape index (κ1) is 16.5. The van der Waals surface area contributed by atoms with E-state index >= 15 is 0 Å². The number of ether oxygens (including phenoxy) is 1. The lowest BCUT2D eigenvalue weighted by molar-refractivity contribution is -0.126. The molecule has 0 aliphatic carbocycles. The Labute approximate surface area is 122 Å². The van der Waals surface area contributed by atoms with Crippen molar-refractivity contribution in [3.8, 4) is 5.75 Å². The minimum absolute atomic E-state index is 0.0737. The third-order valence-corrected chi connectivity index (χ3v) is 2.48. The molecule has 0 aliphatic heterocycles. The molecule has 1 rings (SSSR count). The van der Waals surface area contributed by atoms with Crippen molar-refractivity contribution in [2.45, 2.75) is 32.9 Å². The normalized spacial score (nSPS) is 11.6. The second-order valence-corrected chi connectivity index (χ2v) is 4.77. The molecule has 0 saturated heterocycles. The van der Waals surface area contributed by atoms with E-state index in [-0.39, 0.29) is 6.04 Å². The number of urea groups is 1. The number of nitrogens with one attached hydrogen (secondary N) is 2. The van der Waals surface area contributed by atoms with Crippen LogP contribution in [0.15, 0.2) is 24.3 Å². The molecule has 7 heteroatoms. The molecule has 0 radical (unpaired) electrons. The van der Waals surface area contributed by atoms with Crippen molar-refractivity contribution in [1.29, 1.82) is 0 Å². The Balaban J connectivity index is 2.55. The van der Waals surface area contributed by atoms with E-state index in [9.17, 15) is 14.4 Å². The fourth-order valence-corrected chi connectivity index (χ4v) is 1.47. The first-order valence-corrected chi connectivity index (χ1v) is 6.47. The van der Waals surface area contributed by atoms with Crippen LogP contribution < -0.4 is 21.1 Å². The van der Waals surface area contributed by atoms with Crippen molar-refractivity contribution in [2.75, 3.05) is 0 Å². The van der Waals surface area contributed by atoms with E-state index in [0.29, 0.717) is 11.3 Å². The second kappa shape index (κ2) is 7.28. The molecule has 1 aromatic carbocycles. The highest BCUT2D eigenvalue weighted by atomic mass is 16.5. The summed E-state index contributed by atoms with van der Waals surface area (Å²) in [4.78, 5) is 34.1. The molecule has 0 saturated carbocycles. The number of benzene rings is 1. The van der Waals surface area contributed by atoms with Crippen LogP contribution in [0.25, 0.3) is 0 Å². The lowest BCUT2D eigenvalue weighted by Gasteiger charge is -2.15. The van der Waals surface area contributed by atoms with Crippen molar-refractivity contribution < 1.29 is 19.1 Å². The Hall–Kier alpha value is -2.57. The van der Waals surface area contributed by atoms with Crippen LogP contribution in [-0.2, 0) is 4.79 Å². The summed E-state index contributed by atoms with van der Waals surface area (Å²) in [5, 5.41) is 4.71. The Bertz CT molecular complexity index is 526. The van der Waals surface area contributed by atoms with Gasteiger partial charge in [-0.1, -0.05) is 0 Å². The molecule has 1 atom stereocenters. The molecule has 7 nitrogen and oxygen atoms in total. The molecule has 1 aromatic rings. The van der Waals surface area contributed by atoms with Gasteiger partial charge in [-0.3, -0.25) is 14.9 Å². The minimum Gasteiger partial charge on any atom is -0.481 e. The average Bonchev–Trinajstić information content (AvgIpc) is 2.38. The Morgan fingerprint density at radius 2 is 1.67 bits per heavy atom. The molecule has 0 aromatic heterocycles. The zero-order chi connectivity index (χ0) is 16.0. The van der Waals surface area contributed by atoms with Crippen molar-refractivity contribution in [1.82, 2.24) is 10.6 Å². The Morgan fingerprint density at radius 1 is 1.10 bits per heavy atom. The van der Waals surface area contributed by atoms with Gasteiger partial charge in [0.25, 0.3) is 5.91 Å². The van der Waals surface area contributed by atoms with Gasteiger partial charge < -0.3 is 15.8 Å². The molecule has 114 valence electrons. The van der Waals surface area contributed by atoms with Crippen molar-refractivity contribution in [3.63, 3.8) is 0 Å². The lowest BCUT2D eigenvalue weighted by atomic mass is 10.2. The van der Waals surface area contributed by atoms with Gasteiger partial charge >= 0.3 is 6.03 Å². The topological polar surface area (TPSA) is 111 Å². The standard InChI is InChI=1S/C14H19N3O4/c1-8(2)16-14(20)17-13(19)9(3)21-11-6-4-10(5-7-11)12(15)18/h4-9H,1-3H3,(H2,15,18)(H2,16,17,19,20)/t9-/m0/s1. The van der Waals surface area contributed by atoms with Gasteiger partial charge in [0.15, 0.2) is 6.10 Å². The number of rotatable bonds is 5. The van der Waals surface area contributed by atoms with E-state index in [1.54, 1.807) is 13.8 Å². The number of hydrogen-bond donors (Lipinski definition) is 3. The van der Waals surface area contributed by atoms with Crippen molar-refractivity contribution in [2.24, 2.45) is 5.73 Å². The largest absolute Gasteiger partial charge is 0.481 e. The van der Waals surface area contributed by atoms with E-state index in [0.717, 1.165) is 0 Å². The third-order valence-electron chi connectivity index (χ3n) is 2.48. The van der Waals surface area contributed by atoms with Gasteiger partial charge in [0.05, 0.1) is 0 Å². The van der Waals surface area contributed by atoms with E-state index in [2.05, 4.69) is 10.6 Å². The molecule has 4 amide bonds. The average molecular weight is 293 g/mol. The van der Waals surface area contributed by atoms with Crippen molar-refractivity contribution >= 4 is 17.8 Å². The molecule has 0 heterocycles. The molecule has 0 bridgehead atoms. The summed E-state index contributed by atoms with van der Waals surface area (Å²) in [7, 11) is 0. The van der Waals surface area contributed by atoms with E-state index in [4.69, 9.17) is 10.5 Å². The van der Waals surface area contributed by atoms with Gasteiger partial charge in [-0.15, -0.1) is 0 Å². The molecule has 0 spiro atoms. The van der Waals surface area contributed by atoms with Crippen molar-refractivity contribution in [3.05, 3.63) is 29.8 Å². The van der Waals surface area contributed by atoms with Gasteiger partial charge in [-0.2, -0.15) is 0 Å². The van der Waals surface area contributed by atoms with Crippen LogP contribution in [0.2, 0.25) is 0 Å². The maximum Gasteiger partial charge on any atom is 0.321 e. The Morgan fingerprint density at radius 3 is 2.14 bits per heavy atom. The van der Waals surface area contributed by atoms with Crippen LogP contribution in [0.4, 0.5) is 4.79 Å². The first-order chi connectivity index (χ1) is 9.79. The predicted molar refractivity (Wildman–Crippen MR) is 76.9 cm³/mol. The number of nitrogens with two attached hydrogens (primary N) is 1.